The fourth-order valence-corrected chi connectivity index (χ4v) is 3.97. The Morgan fingerprint density at radius 3 is 1.78 bits per heavy atom. The summed E-state index contributed by atoms with van der Waals surface area (Å²) in [5.74, 6) is -0.710. The molecule has 1 aliphatic heterocycles. The van der Waals surface area contributed by atoms with E-state index in [0.29, 0.717) is 19.5 Å². The molecule has 0 unspecified atom stereocenters. The normalized spacial score (nSPS) is 21.2. The molecule has 7 heteroatoms. The van der Waals surface area contributed by atoms with Gasteiger partial charge in [0.05, 0.1) is 26.4 Å². The van der Waals surface area contributed by atoms with Gasteiger partial charge in [0.1, 0.15) is 24.6 Å². The van der Waals surface area contributed by atoms with Gasteiger partial charge in [-0.05, 0) is 22.8 Å². The van der Waals surface area contributed by atoms with E-state index in [0.717, 1.165) is 28.8 Å². The number of hydrogen-bond donors (Lipinski definition) is 0. The summed E-state index contributed by atoms with van der Waals surface area (Å²) in [5, 5.41) is 0. The van der Waals surface area contributed by atoms with Crippen molar-refractivity contribution in [3.05, 3.63) is 120 Å². The van der Waals surface area contributed by atoms with Gasteiger partial charge in [-0.3, -0.25) is 4.79 Å². The molecule has 37 heavy (non-hydrogen) atoms. The van der Waals surface area contributed by atoms with E-state index in [1.165, 1.54) is 0 Å². The summed E-state index contributed by atoms with van der Waals surface area (Å²) in [4.78, 5) is 22.9. The van der Waals surface area contributed by atoms with Crippen LogP contribution in [0.25, 0.3) is 0 Å². The van der Waals surface area contributed by atoms with E-state index < -0.39 is 30.6 Å². The van der Waals surface area contributed by atoms with Crippen LogP contribution < -0.4 is 0 Å². The van der Waals surface area contributed by atoms with E-state index in [4.69, 9.17) is 23.7 Å². The van der Waals surface area contributed by atoms with Gasteiger partial charge in [0.15, 0.2) is 0 Å². The monoisotopic (exact) mass is 502 g/mol. The molecule has 0 aromatic heterocycles. The number of esters is 1. The molecule has 0 radical (unpaired) electrons. The van der Waals surface area contributed by atoms with Crippen LogP contribution in [-0.4, -0.2) is 43.5 Å². The van der Waals surface area contributed by atoms with E-state index in [9.17, 15) is 9.59 Å². The van der Waals surface area contributed by atoms with Gasteiger partial charge in [0.2, 0.25) is 6.29 Å². The number of aldehydes is 1. The summed E-state index contributed by atoms with van der Waals surface area (Å²) in [5.41, 5.74) is 2.97. The van der Waals surface area contributed by atoms with Crippen LogP contribution in [0.5, 0.6) is 0 Å². The molecule has 1 aliphatic rings. The van der Waals surface area contributed by atoms with Crippen molar-refractivity contribution in [2.45, 2.75) is 44.4 Å². The van der Waals surface area contributed by atoms with Gasteiger partial charge in [-0.25, -0.2) is 4.79 Å². The molecule has 0 spiro atoms. The topological polar surface area (TPSA) is 80.3 Å². The maximum Gasteiger partial charge on any atom is 0.333 e. The van der Waals surface area contributed by atoms with Gasteiger partial charge in [0.25, 0.3) is 0 Å². The van der Waals surface area contributed by atoms with Crippen LogP contribution in [0.1, 0.15) is 16.7 Å². The fraction of sp³-hybridized carbons (Fsp3) is 0.267. The van der Waals surface area contributed by atoms with E-state index in [-0.39, 0.29) is 13.2 Å². The summed E-state index contributed by atoms with van der Waals surface area (Å²) in [6.07, 6.45) is -0.272. The third-order valence-electron chi connectivity index (χ3n) is 5.77. The lowest BCUT2D eigenvalue weighted by atomic mass is 10.1. The Labute approximate surface area is 216 Å². The minimum atomic E-state index is -1.04. The molecule has 3 aromatic carbocycles. The van der Waals surface area contributed by atoms with Crippen molar-refractivity contribution in [2.24, 2.45) is 0 Å². The van der Waals surface area contributed by atoms with Crippen molar-refractivity contribution in [3.8, 4) is 0 Å². The number of ether oxygens (including phenoxy) is 5. The molecule has 192 valence electrons. The molecule has 0 amide bonds. The first-order valence-corrected chi connectivity index (χ1v) is 12.1. The van der Waals surface area contributed by atoms with E-state index in [1.54, 1.807) is 0 Å². The van der Waals surface area contributed by atoms with Crippen LogP contribution in [-0.2, 0) is 53.1 Å². The highest BCUT2D eigenvalue weighted by Gasteiger charge is 2.48. The lowest BCUT2D eigenvalue weighted by Gasteiger charge is -2.24. The Bertz CT molecular complexity index is 1120. The van der Waals surface area contributed by atoms with Crippen LogP contribution in [0.3, 0.4) is 0 Å². The third kappa shape index (κ3) is 8.20. The highest BCUT2D eigenvalue weighted by Crippen LogP contribution is 2.30. The van der Waals surface area contributed by atoms with Crippen molar-refractivity contribution >= 4 is 12.3 Å². The average Bonchev–Trinajstić information content (AvgIpc) is 3.26. The Balaban J connectivity index is 1.50. The minimum absolute atomic E-state index is 0.206. The zero-order valence-corrected chi connectivity index (χ0v) is 20.4. The molecule has 3 aromatic rings. The van der Waals surface area contributed by atoms with Crippen molar-refractivity contribution in [2.75, 3.05) is 6.61 Å². The van der Waals surface area contributed by atoms with E-state index in [2.05, 4.69) is 0 Å². The summed E-state index contributed by atoms with van der Waals surface area (Å²) >= 11 is 0. The summed E-state index contributed by atoms with van der Waals surface area (Å²) in [6.45, 7) is 1.20. The van der Waals surface area contributed by atoms with Gasteiger partial charge in [-0.15, -0.1) is 0 Å². The van der Waals surface area contributed by atoms with Gasteiger partial charge in [0, 0.05) is 6.08 Å². The van der Waals surface area contributed by atoms with Crippen LogP contribution >= 0.6 is 0 Å². The average molecular weight is 503 g/mol. The molecule has 7 nitrogen and oxygen atoms in total. The van der Waals surface area contributed by atoms with Crippen molar-refractivity contribution < 1.29 is 33.3 Å². The van der Waals surface area contributed by atoms with Crippen molar-refractivity contribution in [3.63, 3.8) is 0 Å². The second-order valence-corrected chi connectivity index (χ2v) is 8.50. The third-order valence-corrected chi connectivity index (χ3v) is 5.77. The highest BCUT2D eigenvalue weighted by molar-refractivity contribution is 5.86. The first kappa shape index (κ1) is 26.4. The molecule has 0 N–H and O–H groups in total. The highest BCUT2D eigenvalue weighted by atomic mass is 16.7. The molecule has 0 aliphatic carbocycles. The zero-order valence-electron chi connectivity index (χ0n) is 20.4. The number of rotatable bonds is 13. The zero-order chi connectivity index (χ0) is 25.7. The smallest absolute Gasteiger partial charge is 0.333 e. The molecule has 1 heterocycles. The second kappa shape index (κ2) is 14.2. The van der Waals surface area contributed by atoms with E-state index >= 15 is 0 Å². The molecule has 1 saturated heterocycles. The Morgan fingerprint density at radius 2 is 1.24 bits per heavy atom. The van der Waals surface area contributed by atoms with Gasteiger partial charge in [-0.1, -0.05) is 91.0 Å². The van der Waals surface area contributed by atoms with Crippen molar-refractivity contribution in [1.82, 2.24) is 0 Å². The van der Waals surface area contributed by atoms with Crippen LogP contribution in [0, 0.1) is 0 Å². The van der Waals surface area contributed by atoms with Crippen molar-refractivity contribution in [1.29, 1.82) is 0 Å². The Morgan fingerprint density at radius 1 is 0.730 bits per heavy atom. The first-order chi connectivity index (χ1) is 18.2. The maximum atomic E-state index is 12.3. The quantitative estimate of drug-likeness (QED) is 0.195. The van der Waals surface area contributed by atoms with Crippen LogP contribution in [0.4, 0.5) is 0 Å². The second-order valence-electron chi connectivity index (χ2n) is 8.50. The fourth-order valence-electron chi connectivity index (χ4n) is 3.97. The number of carbonyl (C=O) groups excluding carboxylic acids is 2. The predicted molar refractivity (Wildman–Crippen MR) is 136 cm³/mol. The Hall–Kier alpha value is -3.62. The number of carbonyl (C=O) groups is 2. The summed E-state index contributed by atoms with van der Waals surface area (Å²) < 4.78 is 30.1. The molecular weight excluding hydrogens is 472 g/mol. The first-order valence-electron chi connectivity index (χ1n) is 12.1. The molecule has 4 rings (SSSR count). The summed E-state index contributed by atoms with van der Waals surface area (Å²) in [7, 11) is 0. The minimum Gasteiger partial charge on any atom is -0.430 e. The number of benzene rings is 3. The number of allylic oxidation sites excluding steroid dienone is 1. The molecular formula is C30H30O7. The van der Waals surface area contributed by atoms with Crippen LogP contribution in [0.15, 0.2) is 103 Å². The SMILES string of the molecule is O=C/C=C\C(=O)O[C@@H]1O[C@H](COCc2ccccc2)[C@@H](OCc2ccccc2)[C@@H]1OCc1ccccc1. The maximum absolute atomic E-state index is 12.3. The number of hydrogen-bond acceptors (Lipinski definition) is 7. The largest absolute Gasteiger partial charge is 0.430 e. The lowest BCUT2D eigenvalue weighted by molar-refractivity contribution is -0.192. The Kier molecular flexibility index (Phi) is 10.2. The molecule has 0 bridgehead atoms. The molecule has 1 fully saturated rings. The predicted octanol–water partition coefficient (Wildman–Crippen LogP) is 4.40. The van der Waals surface area contributed by atoms with Crippen LogP contribution in [0.2, 0.25) is 0 Å². The standard InChI is InChI=1S/C30H30O7/c31-18-10-17-27(32)37-30-29(35-21-25-15-8-3-9-16-25)28(34-20-24-13-6-2-7-14-24)26(36-30)22-33-19-23-11-4-1-5-12-23/h1-18,26,28-30H,19-22H2/b17-10-/t26-,28-,29+,30+/m1/s1. The molecule has 4 atom stereocenters. The molecule has 0 saturated carbocycles. The van der Waals surface area contributed by atoms with Gasteiger partial charge >= 0.3 is 5.97 Å². The van der Waals surface area contributed by atoms with Gasteiger partial charge < -0.3 is 23.7 Å². The van der Waals surface area contributed by atoms with E-state index in [1.807, 2.05) is 91.0 Å². The lowest BCUT2D eigenvalue weighted by Crippen LogP contribution is -2.40. The summed E-state index contributed by atoms with van der Waals surface area (Å²) in [6, 6.07) is 29.3. The van der Waals surface area contributed by atoms with Gasteiger partial charge in [-0.2, -0.15) is 0 Å².